The number of anilines is 1. The number of fused-ring (bicyclic) bond motifs is 1. The minimum atomic E-state index is 0.541. The van der Waals surface area contributed by atoms with Crippen molar-refractivity contribution in [2.75, 3.05) is 12.8 Å². The molecule has 2 aromatic heterocycles. The van der Waals surface area contributed by atoms with E-state index in [1.807, 2.05) is 25.1 Å². The molecule has 0 amide bonds. The van der Waals surface area contributed by atoms with E-state index >= 15 is 0 Å². The fourth-order valence-electron chi connectivity index (χ4n) is 2.31. The highest BCUT2D eigenvalue weighted by molar-refractivity contribution is 7.18. The second-order valence-corrected chi connectivity index (χ2v) is 6.02. The van der Waals surface area contributed by atoms with Gasteiger partial charge in [0.25, 0.3) is 0 Å². The van der Waals surface area contributed by atoms with Crippen molar-refractivity contribution < 1.29 is 4.74 Å². The van der Waals surface area contributed by atoms with Gasteiger partial charge in [-0.1, -0.05) is 6.92 Å². The zero-order valence-electron chi connectivity index (χ0n) is 12.3. The molecule has 0 aliphatic rings. The normalized spacial score (nSPS) is 11.0. The Balaban J connectivity index is 2.14. The first-order valence-electron chi connectivity index (χ1n) is 6.83. The Kier molecular flexibility index (Phi) is 3.51. The summed E-state index contributed by atoms with van der Waals surface area (Å²) in [5.74, 6) is 2.06. The van der Waals surface area contributed by atoms with Gasteiger partial charge in [-0.25, -0.2) is 9.97 Å². The van der Waals surface area contributed by atoms with Crippen LogP contribution in [0.25, 0.3) is 21.6 Å². The van der Waals surface area contributed by atoms with Crippen molar-refractivity contribution in [3.63, 3.8) is 0 Å². The summed E-state index contributed by atoms with van der Waals surface area (Å²) >= 11 is 1.68. The topological polar surface area (TPSA) is 61.0 Å². The molecule has 5 heteroatoms. The Morgan fingerprint density at radius 1 is 1.24 bits per heavy atom. The monoisotopic (exact) mass is 299 g/mol. The van der Waals surface area contributed by atoms with Gasteiger partial charge in [0.2, 0.25) is 0 Å². The maximum atomic E-state index is 6.09. The summed E-state index contributed by atoms with van der Waals surface area (Å²) in [5, 5.41) is 0.950. The number of thiophene rings is 1. The Hall–Kier alpha value is -2.14. The van der Waals surface area contributed by atoms with Crippen molar-refractivity contribution >= 4 is 27.4 Å². The van der Waals surface area contributed by atoms with Crippen LogP contribution in [0, 0.1) is 6.92 Å². The molecular formula is C16H17N3OS. The largest absolute Gasteiger partial charge is 0.496 e. The third-order valence-electron chi connectivity index (χ3n) is 3.47. The number of aromatic nitrogens is 2. The lowest BCUT2D eigenvalue weighted by atomic mass is 10.1. The van der Waals surface area contributed by atoms with E-state index in [1.54, 1.807) is 18.4 Å². The molecule has 0 unspecified atom stereocenters. The summed E-state index contributed by atoms with van der Waals surface area (Å²) in [6.07, 6.45) is 0.984. The third kappa shape index (κ3) is 2.45. The van der Waals surface area contributed by atoms with Crippen LogP contribution < -0.4 is 10.5 Å². The summed E-state index contributed by atoms with van der Waals surface area (Å²) in [4.78, 5) is 11.3. The number of nitrogen functional groups attached to an aromatic ring is 1. The molecule has 0 bridgehead atoms. The van der Waals surface area contributed by atoms with Crippen LogP contribution >= 0.6 is 11.3 Å². The van der Waals surface area contributed by atoms with Crippen LogP contribution in [0.1, 0.15) is 17.4 Å². The van der Waals surface area contributed by atoms with Crippen molar-refractivity contribution in [1.82, 2.24) is 9.97 Å². The van der Waals surface area contributed by atoms with E-state index in [9.17, 15) is 0 Å². The number of benzene rings is 1. The molecule has 0 saturated heterocycles. The highest BCUT2D eigenvalue weighted by Crippen LogP contribution is 2.31. The smallest absolute Gasteiger partial charge is 0.163 e. The van der Waals surface area contributed by atoms with Crippen LogP contribution in [0.5, 0.6) is 5.75 Å². The highest BCUT2D eigenvalue weighted by atomic mass is 32.1. The molecule has 108 valence electrons. The summed E-state index contributed by atoms with van der Waals surface area (Å²) < 4.78 is 5.28. The van der Waals surface area contributed by atoms with Gasteiger partial charge in [-0.2, -0.15) is 0 Å². The SMILES string of the molecule is CCc1cc2c(N)nc(-c3ccc(OC)c(C)c3)nc2s1. The van der Waals surface area contributed by atoms with Crippen LogP contribution in [0.3, 0.4) is 0 Å². The molecule has 2 heterocycles. The van der Waals surface area contributed by atoms with Gasteiger partial charge >= 0.3 is 0 Å². The van der Waals surface area contributed by atoms with Crippen LogP contribution in [0.4, 0.5) is 5.82 Å². The molecule has 0 aliphatic carbocycles. The fraction of sp³-hybridized carbons (Fsp3) is 0.250. The number of nitrogens with zero attached hydrogens (tertiary/aromatic N) is 2. The number of hydrogen-bond donors (Lipinski definition) is 1. The van der Waals surface area contributed by atoms with Gasteiger partial charge < -0.3 is 10.5 Å². The van der Waals surface area contributed by atoms with E-state index in [2.05, 4.69) is 23.0 Å². The number of aryl methyl sites for hydroxylation is 2. The second kappa shape index (κ2) is 5.33. The lowest BCUT2D eigenvalue weighted by molar-refractivity contribution is 0.412. The van der Waals surface area contributed by atoms with Crippen LogP contribution in [-0.2, 0) is 6.42 Å². The molecule has 3 aromatic rings. The van der Waals surface area contributed by atoms with E-state index in [4.69, 9.17) is 10.5 Å². The summed E-state index contributed by atoms with van der Waals surface area (Å²) in [5.41, 5.74) is 8.09. The number of ether oxygens (including phenoxy) is 1. The maximum absolute atomic E-state index is 6.09. The van der Waals surface area contributed by atoms with E-state index in [0.29, 0.717) is 11.6 Å². The molecule has 3 rings (SSSR count). The minimum Gasteiger partial charge on any atom is -0.496 e. The van der Waals surface area contributed by atoms with Gasteiger partial charge in [0.1, 0.15) is 16.4 Å². The second-order valence-electron chi connectivity index (χ2n) is 4.90. The average molecular weight is 299 g/mol. The molecule has 0 fully saturated rings. The van der Waals surface area contributed by atoms with Crippen molar-refractivity contribution in [3.8, 4) is 17.1 Å². The van der Waals surface area contributed by atoms with Crippen LogP contribution in [0.15, 0.2) is 24.3 Å². The molecule has 21 heavy (non-hydrogen) atoms. The minimum absolute atomic E-state index is 0.541. The van der Waals surface area contributed by atoms with Crippen molar-refractivity contribution in [3.05, 3.63) is 34.7 Å². The molecule has 1 aromatic carbocycles. The zero-order valence-corrected chi connectivity index (χ0v) is 13.1. The Labute approximate surface area is 127 Å². The maximum Gasteiger partial charge on any atom is 0.163 e. The van der Waals surface area contributed by atoms with Crippen LogP contribution in [0.2, 0.25) is 0 Å². The lowest BCUT2D eigenvalue weighted by Gasteiger charge is -2.07. The first-order valence-corrected chi connectivity index (χ1v) is 7.65. The van der Waals surface area contributed by atoms with Gasteiger partial charge in [0, 0.05) is 10.4 Å². The van der Waals surface area contributed by atoms with Crippen LogP contribution in [-0.4, -0.2) is 17.1 Å². The standard InChI is InChI=1S/C16H17N3OS/c1-4-11-8-12-14(17)18-15(19-16(12)21-11)10-5-6-13(20-3)9(2)7-10/h5-8H,4H2,1-3H3,(H2,17,18,19). The lowest BCUT2D eigenvalue weighted by Crippen LogP contribution is -1.96. The molecule has 0 aliphatic heterocycles. The molecule has 0 spiro atoms. The highest BCUT2D eigenvalue weighted by Gasteiger charge is 2.11. The quantitative estimate of drug-likeness (QED) is 0.798. The molecule has 0 atom stereocenters. The Morgan fingerprint density at radius 2 is 2.05 bits per heavy atom. The van der Waals surface area contributed by atoms with E-state index in [-0.39, 0.29) is 0 Å². The Bertz CT molecular complexity index is 811. The molecule has 2 N–H and O–H groups in total. The number of nitrogens with two attached hydrogens (primary N) is 1. The van der Waals surface area contributed by atoms with Crippen molar-refractivity contribution in [1.29, 1.82) is 0 Å². The predicted octanol–water partition coefficient (Wildman–Crippen LogP) is 3.82. The van der Waals surface area contributed by atoms with Gasteiger partial charge in [-0.05, 0) is 43.2 Å². The number of hydrogen-bond acceptors (Lipinski definition) is 5. The zero-order chi connectivity index (χ0) is 15.0. The van der Waals surface area contributed by atoms with Crippen molar-refractivity contribution in [2.24, 2.45) is 0 Å². The third-order valence-corrected chi connectivity index (χ3v) is 4.65. The molecule has 0 radical (unpaired) electrons. The predicted molar refractivity (Wildman–Crippen MR) is 87.9 cm³/mol. The van der Waals surface area contributed by atoms with E-state index < -0.39 is 0 Å². The number of rotatable bonds is 3. The molecular weight excluding hydrogens is 282 g/mol. The van der Waals surface area contributed by atoms with Crippen molar-refractivity contribution in [2.45, 2.75) is 20.3 Å². The first-order chi connectivity index (χ1) is 10.1. The van der Waals surface area contributed by atoms with Gasteiger partial charge in [-0.15, -0.1) is 11.3 Å². The fourth-order valence-corrected chi connectivity index (χ4v) is 3.29. The molecule has 4 nitrogen and oxygen atoms in total. The summed E-state index contributed by atoms with van der Waals surface area (Å²) in [6, 6.07) is 7.99. The summed E-state index contributed by atoms with van der Waals surface area (Å²) in [6.45, 7) is 4.13. The van der Waals surface area contributed by atoms with Gasteiger partial charge in [0.15, 0.2) is 5.82 Å². The molecule has 0 saturated carbocycles. The van der Waals surface area contributed by atoms with Gasteiger partial charge in [0.05, 0.1) is 12.5 Å². The van der Waals surface area contributed by atoms with E-state index in [0.717, 1.165) is 33.5 Å². The van der Waals surface area contributed by atoms with Gasteiger partial charge in [-0.3, -0.25) is 0 Å². The first kappa shape index (κ1) is 13.8. The Morgan fingerprint density at radius 3 is 2.71 bits per heavy atom. The van der Waals surface area contributed by atoms with E-state index in [1.165, 1.54) is 4.88 Å². The summed E-state index contributed by atoms with van der Waals surface area (Å²) in [7, 11) is 1.67. The average Bonchev–Trinajstić information content (AvgIpc) is 2.91. The number of methoxy groups -OCH3 is 1.